The van der Waals surface area contributed by atoms with Crippen LogP contribution in [0.3, 0.4) is 0 Å². The number of hydrogen-bond donors (Lipinski definition) is 1. The quantitative estimate of drug-likeness (QED) is 0.327. The van der Waals surface area contributed by atoms with Gasteiger partial charge in [0, 0.05) is 52.5 Å². The van der Waals surface area contributed by atoms with E-state index in [1.165, 1.54) is 12.1 Å². The summed E-state index contributed by atoms with van der Waals surface area (Å²) in [4.78, 5) is 41.3. The Morgan fingerprint density at radius 1 is 1.11 bits per heavy atom. The predicted octanol–water partition coefficient (Wildman–Crippen LogP) is 4.72. The third kappa shape index (κ3) is 3.10. The Bertz CT molecular complexity index is 1360. The van der Waals surface area contributed by atoms with E-state index in [2.05, 4.69) is 10.2 Å². The summed E-state index contributed by atoms with van der Waals surface area (Å²) in [6.07, 6.45) is 0. The maximum absolute atomic E-state index is 14.3. The molecule has 8 heteroatoms. The van der Waals surface area contributed by atoms with Crippen molar-refractivity contribution < 1.29 is 14.5 Å². The van der Waals surface area contributed by atoms with Crippen LogP contribution in [0.4, 0.5) is 11.4 Å². The lowest BCUT2D eigenvalue weighted by atomic mass is 9.69. The van der Waals surface area contributed by atoms with Crippen molar-refractivity contribution in [1.82, 2.24) is 4.90 Å². The third-order valence-corrected chi connectivity index (χ3v) is 8.64. The molecular formula is C27H23N3O4S. The minimum Gasteiger partial charge on any atom is -0.324 e. The van der Waals surface area contributed by atoms with E-state index < -0.39 is 16.4 Å². The lowest BCUT2D eigenvalue weighted by Crippen LogP contribution is -2.52. The summed E-state index contributed by atoms with van der Waals surface area (Å²) in [5.74, 6) is 0.169. The van der Waals surface area contributed by atoms with E-state index >= 15 is 0 Å². The van der Waals surface area contributed by atoms with Gasteiger partial charge in [-0.05, 0) is 18.6 Å². The van der Waals surface area contributed by atoms with Gasteiger partial charge in [-0.2, -0.15) is 0 Å². The number of nitro benzene ring substituents is 1. The Morgan fingerprint density at radius 3 is 2.57 bits per heavy atom. The number of carbonyl (C=O) groups excluding carboxylic acids is 2. The molecule has 35 heavy (non-hydrogen) atoms. The van der Waals surface area contributed by atoms with Crippen LogP contribution < -0.4 is 5.32 Å². The molecule has 3 aliphatic rings. The van der Waals surface area contributed by atoms with E-state index in [9.17, 15) is 19.7 Å². The van der Waals surface area contributed by atoms with Crippen molar-refractivity contribution in [3.05, 3.63) is 105 Å². The van der Waals surface area contributed by atoms with Crippen LogP contribution in [0.25, 0.3) is 0 Å². The van der Waals surface area contributed by atoms with E-state index in [-0.39, 0.29) is 29.3 Å². The van der Waals surface area contributed by atoms with Gasteiger partial charge in [0.2, 0.25) is 5.91 Å². The van der Waals surface area contributed by atoms with Crippen LogP contribution in [0.2, 0.25) is 0 Å². The van der Waals surface area contributed by atoms with Crippen LogP contribution >= 0.6 is 11.8 Å². The fourth-order valence-electron chi connectivity index (χ4n) is 6.16. The van der Waals surface area contributed by atoms with Gasteiger partial charge < -0.3 is 5.32 Å². The first-order valence-electron chi connectivity index (χ1n) is 11.5. The molecule has 3 heterocycles. The van der Waals surface area contributed by atoms with E-state index in [4.69, 9.17) is 0 Å². The predicted molar refractivity (Wildman–Crippen MR) is 135 cm³/mol. The number of benzene rings is 3. The number of thioether (sulfide) groups is 1. The average molecular weight is 486 g/mol. The number of carbonyl (C=O) groups is 2. The second kappa shape index (κ2) is 8.03. The number of non-ortho nitro benzene ring substituents is 1. The van der Waals surface area contributed by atoms with Crippen molar-refractivity contribution >= 4 is 34.8 Å². The molecule has 3 aromatic rings. The molecule has 6 rings (SSSR count). The minimum absolute atomic E-state index is 0.00429. The number of nitrogens with one attached hydrogen (secondary N) is 1. The SMILES string of the molecule is Cc1ccc2c(c1)C1(C(=O)N2)C(C(=O)c2ccccc2)C(c2ccc([N+](=O)[O-])cc2)C2CSCN21. The van der Waals surface area contributed by atoms with Crippen molar-refractivity contribution in [2.24, 2.45) is 5.92 Å². The molecule has 2 fully saturated rings. The van der Waals surface area contributed by atoms with Crippen molar-refractivity contribution in [3.63, 3.8) is 0 Å². The largest absolute Gasteiger partial charge is 0.324 e. The fraction of sp³-hybridized carbons (Fsp3) is 0.259. The summed E-state index contributed by atoms with van der Waals surface area (Å²) in [6.45, 7) is 1.99. The molecule has 0 aliphatic carbocycles. The number of ketones is 1. The molecule has 4 unspecified atom stereocenters. The Morgan fingerprint density at radius 2 is 1.86 bits per heavy atom. The normalized spacial score (nSPS) is 27.0. The minimum atomic E-state index is -1.14. The van der Waals surface area contributed by atoms with Crippen molar-refractivity contribution in [2.75, 3.05) is 16.9 Å². The Hall–Kier alpha value is -3.49. The third-order valence-electron chi connectivity index (χ3n) is 7.61. The lowest BCUT2D eigenvalue weighted by Gasteiger charge is -2.36. The van der Waals surface area contributed by atoms with Gasteiger partial charge in [0.15, 0.2) is 5.78 Å². The average Bonchev–Trinajstić information content (AvgIpc) is 3.53. The van der Waals surface area contributed by atoms with Gasteiger partial charge in [0.1, 0.15) is 5.54 Å². The molecule has 1 amide bonds. The number of nitrogens with zero attached hydrogens (tertiary/aromatic N) is 2. The lowest BCUT2D eigenvalue weighted by molar-refractivity contribution is -0.384. The number of Topliss-reactive ketones (excluding diaryl/α,β-unsaturated/α-hetero) is 1. The van der Waals surface area contributed by atoms with Crippen LogP contribution in [0.15, 0.2) is 72.8 Å². The van der Waals surface area contributed by atoms with Crippen LogP contribution in [0.1, 0.15) is 33.0 Å². The van der Waals surface area contributed by atoms with Gasteiger partial charge in [-0.1, -0.05) is 60.2 Å². The Kier molecular flexibility index (Phi) is 5.05. The highest BCUT2D eigenvalue weighted by Crippen LogP contribution is 2.61. The van der Waals surface area contributed by atoms with Gasteiger partial charge in [-0.25, -0.2) is 0 Å². The van der Waals surface area contributed by atoms with Crippen molar-refractivity contribution in [1.29, 1.82) is 0 Å². The monoisotopic (exact) mass is 485 g/mol. The number of anilines is 1. The first kappa shape index (κ1) is 22.0. The molecule has 0 aromatic heterocycles. The molecule has 3 aromatic carbocycles. The van der Waals surface area contributed by atoms with Gasteiger partial charge in [0.05, 0.1) is 10.8 Å². The molecule has 2 saturated heterocycles. The first-order chi connectivity index (χ1) is 16.9. The first-order valence-corrected chi connectivity index (χ1v) is 12.7. The van der Waals surface area contributed by atoms with E-state index in [0.29, 0.717) is 11.4 Å². The molecule has 0 radical (unpaired) electrons. The summed E-state index contributed by atoms with van der Waals surface area (Å²) in [5, 5.41) is 14.3. The summed E-state index contributed by atoms with van der Waals surface area (Å²) < 4.78 is 0. The molecular weight excluding hydrogens is 462 g/mol. The molecule has 7 nitrogen and oxygen atoms in total. The Balaban J connectivity index is 1.60. The number of hydrogen-bond acceptors (Lipinski definition) is 6. The highest BCUT2D eigenvalue weighted by Gasteiger charge is 2.69. The molecule has 1 N–H and O–H groups in total. The van der Waals surface area contributed by atoms with Gasteiger partial charge >= 0.3 is 0 Å². The standard InChI is InChI=1S/C27H23N3O4S/c1-16-7-12-21-20(13-16)27(26(32)28-21)24(25(31)18-5-3-2-4-6-18)23(22-14-35-15-29(22)27)17-8-10-19(11-9-17)30(33)34/h2-13,22-24H,14-15H2,1H3,(H,28,32). The summed E-state index contributed by atoms with van der Waals surface area (Å²) >= 11 is 1.75. The molecule has 176 valence electrons. The zero-order valence-corrected chi connectivity index (χ0v) is 19.8. The van der Waals surface area contributed by atoms with Gasteiger partial charge in [-0.3, -0.25) is 24.6 Å². The number of fused-ring (bicyclic) bond motifs is 4. The molecule has 4 atom stereocenters. The molecule has 3 aliphatic heterocycles. The van der Waals surface area contributed by atoms with Crippen LogP contribution in [0.5, 0.6) is 0 Å². The van der Waals surface area contributed by atoms with Crippen LogP contribution in [-0.2, 0) is 10.3 Å². The second-order valence-corrected chi connectivity index (χ2v) is 10.4. The van der Waals surface area contributed by atoms with Gasteiger partial charge in [0.25, 0.3) is 5.69 Å². The number of aryl methyl sites for hydroxylation is 1. The van der Waals surface area contributed by atoms with E-state index in [1.54, 1.807) is 36.0 Å². The fourth-order valence-corrected chi connectivity index (χ4v) is 7.49. The summed E-state index contributed by atoms with van der Waals surface area (Å²) in [6, 6.07) is 21.4. The maximum atomic E-state index is 14.3. The van der Waals surface area contributed by atoms with E-state index in [1.807, 2.05) is 43.3 Å². The number of rotatable bonds is 4. The Labute approximate surface area is 206 Å². The zero-order valence-electron chi connectivity index (χ0n) is 19.0. The molecule has 0 saturated carbocycles. The summed E-state index contributed by atoms with van der Waals surface area (Å²) in [5.41, 5.74) is 2.87. The summed E-state index contributed by atoms with van der Waals surface area (Å²) in [7, 11) is 0. The molecule has 1 spiro atoms. The topological polar surface area (TPSA) is 92.5 Å². The van der Waals surface area contributed by atoms with Crippen molar-refractivity contribution in [2.45, 2.75) is 24.4 Å². The zero-order chi connectivity index (χ0) is 24.3. The van der Waals surface area contributed by atoms with Crippen molar-refractivity contribution in [3.8, 4) is 0 Å². The maximum Gasteiger partial charge on any atom is 0.269 e. The van der Waals surface area contributed by atoms with Crippen LogP contribution in [-0.4, -0.2) is 39.2 Å². The smallest absolute Gasteiger partial charge is 0.269 e. The highest BCUT2D eigenvalue weighted by atomic mass is 32.2. The van der Waals surface area contributed by atoms with Gasteiger partial charge in [-0.15, -0.1) is 11.8 Å². The highest BCUT2D eigenvalue weighted by molar-refractivity contribution is 7.99. The second-order valence-electron chi connectivity index (χ2n) is 9.39. The van der Waals surface area contributed by atoms with Crippen LogP contribution in [0, 0.1) is 23.0 Å². The van der Waals surface area contributed by atoms with E-state index in [0.717, 1.165) is 28.1 Å². The number of nitro groups is 1. The molecule has 0 bridgehead atoms. The number of amides is 1.